The largest absolute Gasteiger partial charge is 0.392 e. The highest BCUT2D eigenvalue weighted by Gasteiger charge is 2.50. The van der Waals surface area contributed by atoms with Crippen molar-refractivity contribution in [3.05, 3.63) is 24.3 Å². The highest BCUT2D eigenvalue weighted by atomic mass is 16.3. The number of hydrogen-bond acceptors (Lipinski definition) is 7. The van der Waals surface area contributed by atoms with Crippen LogP contribution in [0.2, 0.25) is 0 Å². The number of aromatic nitrogens is 4. The molecule has 0 aromatic carbocycles. The maximum absolute atomic E-state index is 10.5. The first-order valence-corrected chi connectivity index (χ1v) is 7.26. The minimum Gasteiger partial charge on any atom is -0.392 e. The third kappa shape index (κ3) is 1.71. The Hall–Kier alpha value is -2.03. The number of nitrogens with two attached hydrogens (primary N) is 1. The summed E-state index contributed by atoms with van der Waals surface area (Å²) < 4.78 is 1.70. The van der Waals surface area contributed by atoms with Crippen LogP contribution in [0, 0.1) is 5.92 Å². The first-order valence-electron chi connectivity index (χ1n) is 7.26. The van der Waals surface area contributed by atoms with Gasteiger partial charge in [-0.25, -0.2) is 15.0 Å². The second kappa shape index (κ2) is 4.73. The van der Waals surface area contributed by atoms with Crippen LogP contribution in [-0.2, 0) is 0 Å². The molecule has 5 atom stereocenters. The van der Waals surface area contributed by atoms with Crippen LogP contribution in [0.15, 0.2) is 24.3 Å². The Bertz CT molecular complexity index is 758. The van der Waals surface area contributed by atoms with Crippen LogP contribution < -0.4 is 5.73 Å². The van der Waals surface area contributed by atoms with Crippen molar-refractivity contribution in [2.45, 2.75) is 37.2 Å². The lowest BCUT2D eigenvalue weighted by molar-refractivity contribution is -0.0257. The van der Waals surface area contributed by atoms with Crippen LogP contribution in [0.3, 0.4) is 0 Å². The average Bonchev–Trinajstić information content (AvgIpc) is 3.02. The van der Waals surface area contributed by atoms with Gasteiger partial charge >= 0.3 is 0 Å². The molecular weight excluding hydrogens is 286 g/mol. The Balaban J connectivity index is 1.87. The number of hydrogen-bond donors (Lipinski definition) is 4. The van der Waals surface area contributed by atoms with Crippen LogP contribution in [0.5, 0.6) is 0 Å². The van der Waals surface area contributed by atoms with Gasteiger partial charge in [0.1, 0.15) is 17.9 Å². The molecule has 1 fully saturated rings. The summed E-state index contributed by atoms with van der Waals surface area (Å²) in [5.74, 6) is -0.184. The van der Waals surface area contributed by atoms with Gasteiger partial charge in [-0.05, 0) is 18.4 Å². The molecule has 0 unspecified atom stereocenters. The van der Waals surface area contributed by atoms with Crippen molar-refractivity contribution in [1.82, 2.24) is 19.5 Å². The second-order valence-corrected chi connectivity index (χ2v) is 5.88. The van der Waals surface area contributed by atoms with Gasteiger partial charge in [0.15, 0.2) is 11.5 Å². The number of nitrogens with zero attached hydrogens (tertiary/aromatic N) is 4. The normalized spacial score (nSPS) is 34.7. The van der Waals surface area contributed by atoms with Crippen molar-refractivity contribution >= 4 is 17.0 Å². The molecule has 0 saturated heterocycles. The number of aliphatic hydroxyl groups is 3. The van der Waals surface area contributed by atoms with E-state index in [4.69, 9.17) is 5.73 Å². The van der Waals surface area contributed by atoms with Crippen molar-refractivity contribution in [2.24, 2.45) is 5.92 Å². The lowest BCUT2D eigenvalue weighted by Crippen LogP contribution is -2.34. The number of allylic oxidation sites excluding steroid dienone is 1. The molecule has 2 aromatic heterocycles. The molecule has 0 spiro atoms. The topological polar surface area (TPSA) is 130 Å². The first kappa shape index (κ1) is 13.6. The van der Waals surface area contributed by atoms with E-state index in [0.29, 0.717) is 24.0 Å². The molecular formula is C14H17N5O3. The Morgan fingerprint density at radius 3 is 2.77 bits per heavy atom. The van der Waals surface area contributed by atoms with Crippen LogP contribution in [-0.4, -0.2) is 53.2 Å². The summed E-state index contributed by atoms with van der Waals surface area (Å²) >= 11 is 0. The number of fused-ring (bicyclic) bond motifs is 2. The van der Waals surface area contributed by atoms with Crippen molar-refractivity contribution in [1.29, 1.82) is 0 Å². The summed E-state index contributed by atoms with van der Waals surface area (Å²) in [4.78, 5) is 12.3. The molecule has 5 N–H and O–H groups in total. The van der Waals surface area contributed by atoms with E-state index in [0.717, 1.165) is 5.57 Å². The molecule has 0 radical (unpaired) electrons. The molecule has 8 nitrogen and oxygen atoms in total. The molecule has 0 amide bonds. The van der Waals surface area contributed by atoms with Gasteiger partial charge in [0.2, 0.25) is 0 Å². The maximum atomic E-state index is 10.5. The number of nitrogen functional groups attached to an aromatic ring is 1. The molecule has 2 aliphatic rings. The molecule has 2 aliphatic carbocycles. The van der Waals surface area contributed by atoms with Gasteiger partial charge in [-0.1, -0.05) is 6.08 Å². The van der Waals surface area contributed by atoms with E-state index in [1.807, 2.05) is 6.08 Å². The highest BCUT2D eigenvalue weighted by molar-refractivity contribution is 5.81. The van der Waals surface area contributed by atoms with E-state index in [2.05, 4.69) is 15.0 Å². The van der Waals surface area contributed by atoms with Gasteiger partial charge in [-0.15, -0.1) is 0 Å². The van der Waals surface area contributed by atoms with E-state index in [9.17, 15) is 15.3 Å². The summed E-state index contributed by atoms with van der Waals surface area (Å²) in [5, 5.41) is 31.0. The molecule has 0 aliphatic heterocycles. The van der Waals surface area contributed by atoms with Gasteiger partial charge in [0.25, 0.3) is 0 Å². The first-order chi connectivity index (χ1) is 10.6. The number of anilines is 1. The summed E-state index contributed by atoms with van der Waals surface area (Å²) in [7, 11) is 0. The lowest BCUT2D eigenvalue weighted by atomic mass is 9.85. The zero-order valence-corrected chi connectivity index (χ0v) is 11.7. The molecule has 1 saturated carbocycles. The molecule has 22 heavy (non-hydrogen) atoms. The molecule has 4 rings (SSSR count). The summed E-state index contributed by atoms with van der Waals surface area (Å²) in [6.07, 6.45) is 3.48. The van der Waals surface area contributed by atoms with Crippen LogP contribution in [0.1, 0.15) is 18.9 Å². The van der Waals surface area contributed by atoms with E-state index < -0.39 is 30.3 Å². The number of imidazole rings is 1. The predicted molar refractivity (Wildman–Crippen MR) is 77.6 cm³/mol. The summed E-state index contributed by atoms with van der Waals surface area (Å²) in [5.41, 5.74) is 7.59. The SMILES string of the molecule is Nc1ncnc2c1ncn2[C@@H]1C2=CCC[C@@H](O)[C@@H]2[C@@H](O)[C@H]1O. The fourth-order valence-electron chi connectivity index (χ4n) is 3.70. The summed E-state index contributed by atoms with van der Waals surface area (Å²) in [6.45, 7) is 0. The highest BCUT2D eigenvalue weighted by Crippen LogP contribution is 2.46. The zero-order valence-electron chi connectivity index (χ0n) is 11.7. The standard InChI is InChI=1S/C14H17N5O3/c15-13-9-14(17-4-16-13)19(5-18-9)10-6-2-1-3-7(20)8(6)11(21)12(10)22/h2,4-5,7-8,10-12,20-22H,1,3H2,(H2,15,16,17)/t7-,8-,10-,11-,12+/m1/s1. The zero-order chi connectivity index (χ0) is 15.4. The van der Waals surface area contributed by atoms with E-state index in [1.165, 1.54) is 6.33 Å². The number of rotatable bonds is 1. The molecule has 2 heterocycles. The van der Waals surface area contributed by atoms with Crippen LogP contribution in [0.25, 0.3) is 11.2 Å². The van der Waals surface area contributed by atoms with Gasteiger partial charge in [0, 0.05) is 5.92 Å². The van der Waals surface area contributed by atoms with Crippen molar-refractivity contribution in [3.8, 4) is 0 Å². The Kier molecular flexibility index (Phi) is 2.93. The number of aliphatic hydroxyl groups excluding tert-OH is 3. The minimum absolute atomic E-state index is 0.269. The van der Waals surface area contributed by atoms with E-state index in [-0.39, 0.29) is 5.82 Å². The third-order valence-corrected chi connectivity index (χ3v) is 4.71. The maximum Gasteiger partial charge on any atom is 0.166 e. The van der Waals surface area contributed by atoms with Crippen molar-refractivity contribution in [3.63, 3.8) is 0 Å². The van der Waals surface area contributed by atoms with Gasteiger partial charge in [0.05, 0.1) is 24.6 Å². The monoisotopic (exact) mass is 303 g/mol. The molecule has 0 bridgehead atoms. The molecule has 2 aromatic rings. The smallest absolute Gasteiger partial charge is 0.166 e. The molecule has 8 heteroatoms. The van der Waals surface area contributed by atoms with Crippen LogP contribution >= 0.6 is 0 Å². The van der Waals surface area contributed by atoms with Crippen molar-refractivity contribution in [2.75, 3.05) is 5.73 Å². The Labute approximate surface area is 125 Å². The van der Waals surface area contributed by atoms with Gasteiger partial charge in [-0.2, -0.15) is 0 Å². The molecule has 116 valence electrons. The van der Waals surface area contributed by atoms with E-state index in [1.54, 1.807) is 10.9 Å². The van der Waals surface area contributed by atoms with Gasteiger partial charge < -0.3 is 25.6 Å². The van der Waals surface area contributed by atoms with E-state index >= 15 is 0 Å². The van der Waals surface area contributed by atoms with Gasteiger partial charge in [-0.3, -0.25) is 0 Å². The predicted octanol–water partition coefficient (Wildman–Crippen LogP) is -0.618. The average molecular weight is 303 g/mol. The van der Waals surface area contributed by atoms with Crippen LogP contribution in [0.4, 0.5) is 5.82 Å². The minimum atomic E-state index is -1.03. The quantitative estimate of drug-likeness (QED) is 0.516. The second-order valence-electron chi connectivity index (χ2n) is 5.88. The Morgan fingerprint density at radius 2 is 1.95 bits per heavy atom. The fourth-order valence-corrected chi connectivity index (χ4v) is 3.70. The van der Waals surface area contributed by atoms with Crippen molar-refractivity contribution < 1.29 is 15.3 Å². The lowest BCUT2D eigenvalue weighted by Gasteiger charge is -2.27. The third-order valence-electron chi connectivity index (χ3n) is 4.71. The summed E-state index contributed by atoms with van der Waals surface area (Å²) in [6, 6.07) is -0.505. The fraction of sp³-hybridized carbons (Fsp3) is 0.500. The Morgan fingerprint density at radius 1 is 1.14 bits per heavy atom.